The Balaban J connectivity index is 1.67. The summed E-state index contributed by atoms with van der Waals surface area (Å²) in [5, 5.41) is 6.25. The first-order chi connectivity index (χ1) is 19.9. The zero-order valence-electron chi connectivity index (χ0n) is 26.7. The highest BCUT2D eigenvalue weighted by molar-refractivity contribution is 6.02. The molecule has 4 aromatic rings. The van der Waals surface area contributed by atoms with Gasteiger partial charge in [-0.2, -0.15) is 0 Å². The number of hydrogen-bond donors (Lipinski definition) is 3. The van der Waals surface area contributed by atoms with Crippen molar-refractivity contribution in [3.8, 4) is 5.69 Å². The van der Waals surface area contributed by atoms with Crippen molar-refractivity contribution in [2.75, 3.05) is 10.6 Å². The van der Waals surface area contributed by atoms with Crippen LogP contribution in [0.1, 0.15) is 108 Å². The quantitative estimate of drug-likeness (QED) is 0.235. The van der Waals surface area contributed by atoms with Crippen LogP contribution in [0.2, 0.25) is 0 Å². The van der Waals surface area contributed by atoms with E-state index in [1.165, 1.54) is 0 Å². The van der Waals surface area contributed by atoms with Crippen molar-refractivity contribution >= 4 is 34.2 Å². The minimum atomic E-state index is -0.301. The summed E-state index contributed by atoms with van der Waals surface area (Å²) in [6.07, 6.45) is 0.569. The average molecular weight is 579 g/mol. The van der Waals surface area contributed by atoms with Gasteiger partial charge in [0.05, 0.1) is 28.8 Å². The second-order valence-corrected chi connectivity index (χ2v) is 15.3. The predicted molar refractivity (Wildman–Crippen MR) is 174 cm³/mol. The Bertz CT molecular complexity index is 1890. The van der Waals surface area contributed by atoms with E-state index in [0.29, 0.717) is 17.8 Å². The second-order valence-electron chi connectivity index (χ2n) is 15.3. The van der Waals surface area contributed by atoms with Gasteiger partial charge in [0.1, 0.15) is 0 Å². The SMILES string of the molecule is CC(C)(C)c1cc2c(c(C3CC(=O)Nc4c3cc(C(C)(C)C)cc4-n3c(=O)[nH]c4ccc(C(C)(C)C)cc43)c1)NC(=O)C2. The van der Waals surface area contributed by atoms with E-state index in [1.807, 2.05) is 12.1 Å². The zero-order valence-corrected chi connectivity index (χ0v) is 26.7. The van der Waals surface area contributed by atoms with Gasteiger partial charge in [-0.3, -0.25) is 14.2 Å². The monoisotopic (exact) mass is 578 g/mol. The molecule has 2 amide bonds. The third kappa shape index (κ3) is 4.98. The number of rotatable bonds is 2. The van der Waals surface area contributed by atoms with E-state index >= 15 is 0 Å². The minimum Gasteiger partial charge on any atom is -0.325 e. The van der Waals surface area contributed by atoms with E-state index in [0.717, 1.165) is 50.1 Å². The molecule has 0 bridgehead atoms. The first-order valence-corrected chi connectivity index (χ1v) is 15.1. The lowest BCUT2D eigenvalue weighted by atomic mass is 9.76. The largest absolute Gasteiger partial charge is 0.331 e. The molecule has 3 N–H and O–H groups in total. The molecule has 2 aliphatic heterocycles. The topological polar surface area (TPSA) is 96.0 Å². The van der Waals surface area contributed by atoms with E-state index in [4.69, 9.17) is 0 Å². The van der Waals surface area contributed by atoms with Crippen molar-refractivity contribution in [2.24, 2.45) is 0 Å². The van der Waals surface area contributed by atoms with E-state index in [-0.39, 0.29) is 46.1 Å². The van der Waals surface area contributed by atoms with Crippen molar-refractivity contribution in [1.29, 1.82) is 0 Å². The Morgan fingerprint density at radius 2 is 1.26 bits per heavy atom. The lowest BCUT2D eigenvalue weighted by Gasteiger charge is -2.33. The maximum absolute atomic E-state index is 13.7. The molecular weight excluding hydrogens is 536 g/mol. The number of fused-ring (bicyclic) bond motifs is 3. The number of aromatic amines is 1. The van der Waals surface area contributed by atoms with Crippen LogP contribution < -0.4 is 16.3 Å². The first kappa shape index (κ1) is 29.0. The molecule has 3 heterocycles. The van der Waals surface area contributed by atoms with Crippen LogP contribution in [-0.2, 0) is 32.3 Å². The molecule has 1 unspecified atom stereocenters. The molecule has 0 aliphatic carbocycles. The Labute approximate surface area is 253 Å². The number of benzene rings is 3. The maximum Gasteiger partial charge on any atom is 0.331 e. The van der Waals surface area contributed by atoms with Crippen LogP contribution in [0.15, 0.2) is 47.3 Å². The number of carbonyl (C=O) groups excluding carboxylic acids is 2. The van der Waals surface area contributed by atoms with Crippen LogP contribution in [-0.4, -0.2) is 21.4 Å². The van der Waals surface area contributed by atoms with Crippen molar-refractivity contribution in [3.05, 3.63) is 86.3 Å². The molecule has 1 atom stereocenters. The van der Waals surface area contributed by atoms with Crippen molar-refractivity contribution in [2.45, 2.75) is 97.3 Å². The minimum absolute atomic E-state index is 0.0353. The molecule has 224 valence electrons. The molecule has 7 heteroatoms. The molecule has 7 nitrogen and oxygen atoms in total. The van der Waals surface area contributed by atoms with Gasteiger partial charge in [0.2, 0.25) is 11.8 Å². The molecule has 3 aromatic carbocycles. The molecule has 0 radical (unpaired) electrons. The summed E-state index contributed by atoms with van der Waals surface area (Å²) in [6.45, 7) is 19.4. The fourth-order valence-electron chi connectivity index (χ4n) is 6.32. The van der Waals surface area contributed by atoms with E-state index in [2.05, 4.69) is 108 Å². The van der Waals surface area contributed by atoms with Gasteiger partial charge in [0, 0.05) is 18.0 Å². The molecule has 0 spiro atoms. The normalized spacial score (nSPS) is 17.1. The number of imidazole rings is 1. The predicted octanol–water partition coefficient (Wildman–Crippen LogP) is 7.18. The molecule has 6 rings (SSSR count). The fraction of sp³-hybridized carbons (Fsp3) is 0.417. The van der Waals surface area contributed by atoms with E-state index in [1.54, 1.807) is 4.57 Å². The van der Waals surface area contributed by atoms with Crippen LogP contribution in [0.25, 0.3) is 16.7 Å². The fourth-order valence-corrected chi connectivity index (χ4v) is 6.32. The summed E-state index contributed by atoms with van der Waals surface area (Å²) in [4.78, 5) is 42.8. The van der Waals surface area contributed by atoms with E-state index < -0.39 is 0 Å². The van der Waals surface area contributed by atoms with Gasteiger partial charge >= 0.3 is 5.69 Å². The molecule has 2 aliphatic rings. The highest BCUT2D eigenvalue weighted by Crippen LogP contribution is 2.47. The highest BCUT2D eigenvalue weighted by atomic mass is 16.2. The summed E-state index contributed by atoms with van der Waals surface area (Å²) in [5.41, 5.74) is 9.02. The number of H-pyrrole nitrogens is 1. The van der Waals surface area contributed by atoms with Crippen molar-refractivity contribution in [1.82, 2.24) is 9.55 Å². The van der Waals surface area contributed by atoms with Gasteiger partial charge in [-0.05, 0) is 67.8 Å². The standard InChI is InChI=1S/C36H42N4O3/c1-34(2,3)20-10-11-26-27(16-20)40(33(43)37-26)28-17-22(36(7,8)9)15-25-23(18-30(42)39-32(25)28)24-14-21(35(4,5)6)12-19-13-29(41)38-31(19)24/h10-12,14-17,23H,13,18H2,1-9H3,(H,37,43)(H,38,41)(H,39,42). The van der Waals surface area contributed by atoms with Gasteiger partial charge in [-0.15, -0.1) is 0 Å². The summed E-state index contributed by atoms with van der Waals surface area (Å²) < 4.78 is 1.71. The van der Waals surface area contributed by atoms with Gasteiger partial charge < -0.3 is 15.6 Å². The molecule has 43 heavy (non-hydrogen) atoms. The molecule has 0 fully saturated rings. The number of nitrogens with one attached hydrogen (secondary N) is 3. The third-order valence-electron chi connectivity index (χ3n) is 8.94. The first-order valence-electron chi connectivity index (χ1n) is 15.1. The van der Waals surface area contributed by atoms with Gasteiger partial charge in [0.15, 0.2) is 0 Å². The Morgan fingerprint density at radius 1 is 0.674 bits per heavy atom. The van der Waals surface area contributed by atoms with Crippen LogP contribution in [0.3, 0.4) is 0 Å². The van der Waals surface area contributed by atoms with Crippen LogP contribution in [0, 0.1) is 0 Å². The average Bonchev–Trinajstić information content (AvgIpc) is 3.42. The van der Waals surface area contributed by atoms with Crippen molar-refractivity contribution < 1.29 is 9.59 Å². The van der Waals surface area contributed by atoms with Gasteiger partial charge in [-0.25, -0.2) is 4.79 Å². The lowest BCUT2D eigenvalue weighted by Crippen LogP contribution is -2.28. The Kier molecular flexibility index (Phi) is 6.35. The number of anilines is 2. The maximum atomic E-state index is 13.7. The van der Waals surface area contributed by atoms with Gasteiger partial charge in [-0.1, -0.05) is 86.6 Å². The number of amides is 2. The summed E-state index contributed by atoms with van der Waals surface area (Å²) in [7, 11) is 0. The van der Waals surface area contributed by atoms with Crippen LogP contribution in [0.5, 0.6) is 0 Å². The number of nitrogens with zero attached hydrogens (tertiary/aromatic N) is 1. The zero-order chi connectivity index (χ0) is 31.2. The Hall–Kier alpha value is -4.13. The number of carbonyl (C=O) groups is 2. The number of aromatic nitrogens is 2. The molecular formula is C36H42N4O3. The van der Waals surface area contributed by atoms with Crippen molar-refractivity contribution in [3.63, 3.8) is 0 Å². The highest BCUT2D eigenvalue weighted by Gasteiger charge is 2.36. The van der Waals surface area contributed by atoms with Gasteiger partial charge in [0.25, 0.3) is 0 Å². The Morgan fingerprint density at radius 3 is 1.88 bits per heavy atom. The number of hydrogen-bond acceptors (Lipinski definition) is 3. The smallest absolute Gasteiger partial charge is 0.325 e. The molecule has 0 saturated heterocycles. The lowest BCUT2D eigenvalue weighted by molar-refractivity contribution is -0.117. The second kappa shape index (κ2) is 9.43. The van der Waals surface area contributed by atoms with E-state index in [9.17, 15) is 14.4 Å². The third-order valence-corrected chi connectivity index (χ3v) is 8.94. The summed E-state index contributed by atoms with van der Waals surface area (Å²) in [5.74, 6) is -0.456. The van der Waals surface area contributed by atoms with Crippen LogP contribution >= 0.6 is 0 Å². The summed E-state index contributed by atoms with van der Waals surface area (Å²) in [6, 6.07) is 14.6. The summed E-state index contributed by atoms with van der Waals surface area (Å²) >= 11 is 0. The van der Waals surface area contributed by atoms with Crippen LogP contribution in [0.4, 0.5) is 11.4 Å². The molecule has 1 aromatic heterocycles. The molecule has 0 saturated carbocycles.